The van der Waals surface area contributed by atoms with Gasteiger partial charge in [0.2, 0.25) is 0 Å². The van der Waals surface area contributed by atoms with Gasteiger partial charge in [-0.25, -0.2) is 13.2 Å². The zero-order valence-electron chi connectivity index (χ0n) is 8.64. The van der Waals surface area contributed by atoms with E-state index in [2.05, 4.69) is 0 Å². The van der Waals surface area contributed by atoms with Crippen LogP contribution in [0, 0.1) is 12.7 Å². The van der Waals surface area contributed by atoms with Gasteiger partial charge in [0.25, 0.3) is 5.92 Å². The maximum absolute atomic E-state index is 13.1. The number of hydrogen-bond acceptors (Lipinski definition) is 1. The second-order valence-corrected chi connectivity index (χ2v) is 3.69. The molecule has 0 radical (unpaired) electrons. The lowest BCUT2D eigenvalue weighted by Crippen LogP contribution is -2.23. The van der Waals surface area contributed by atoms with Gasteiger partial charge in [-0.1, -0.05) is 12.1 Å². The molecule has 0 bridgehead atoms. The van der Waals surface area contributed by atoms with Gasteiger partial charge in [-0.3, -0.25) is 4.79 Å². The summed E-state index contributed by atoms with van der Waals surface area (Å²) in [7, 11) is 0. The number of carbonyl (C=O) groups is 1. The monoisotopic (exact) mass is 232 g/mol. The molecule has 1 aromatic rings. The molecule has 0 atom stereocenters. The van der Waals surface area contributed by atoms with E-state index < -0.39 is 30.6 Å². The molecule has 0 spiro atoms. The molecule has 16 heavy (non-hydrogen) atoms. The number of carboxylic acid groups (broad SMARTS) is 1. The number of benzene rings is 1. The van der Waals surface area contributed by atoms with E-state index in [4.69, 9.17) is 5.11 Å². The molecule has 0 saturated carbocycles. The summed E-state index contributed by atoms with van der Waals surface area (Å²) in [6.07, 6.45) is -1.91. The molecule has 0 amide bonds. The highest BCUT2D eigenvalue weighted by Gasteiger charge is 2.32. The third kappa shape index (κ3) is 3.56. The first-order chi connectivity index (χ1) is 7.30. The summed E-state index contributed by atoms with van der Waals surface area (Å²) in [5.41, 5.74) is 0.494. The summed E-state index contributed by atoms with van der Waals surface area (Å²) in [4.78, 5) is 10.2. The van der Waals surface area contributed by atoms with E-state index in [1.54, 1.807) is 0 Å². The molecule has 0 aliphatic carbocycles. The molecule has 1 N–H and O–H groups in total. The lowest BCUT2D eigenvalue weighted by Gasteiger charge is -2.14. The lowest BCUT2D eigenvalue weighted by atomic mass is 10.0. The number of halogens is 3. The molecule has 0 saturated heterocycles. The minimum atomic E-state index is -3.31. The Balaban J connectivity index is 2.79. The van der Waals surface area contributed by atoms with E-state index in [-0.39, 0.29) is 11.1 Å². The van der Waals surface area contributed by atoms with Crippen LogP contribution in [0.1, 0.15) is 17.5 Å². The van der Waals surface area contributed by atoms with Crippen molar-refractivity contribution in [3.63, 3.8) is 0 Å². The van der Waals surface area contributed by atoms with Crippen LogP contribution in [-0.2, 0) is 11.2 Å². The van der Waals surface area contributed by atoms with Gasteiger partial charge in [0.15, 0.2) is 0 Å². The maximum atomic E-state index is 13.1. The number of carboxylic acids is 1. The van der Waals surface area contributed by atoms with Crippen molar-refractivity contribution in [3.05, 3.63) is 35.1 Å². The fourth-order valence-corrected chi connectivity index (χ4v) is 1.40. The molecule has 88 valence electrons. The molecule has 0 unspecified atom stereocenters. The Bertz CT molecular complexity index is 402. The number of aliphatic carboxylic acids is 1. The molecule has 0 aliphatic rings. The number of aryl methyl sites for hydroxylation is 1. The number of alkyl halides is 2. The Labute approximate surface area is 90.7 Å². The molecule has 2 nitrogen and oxygen atoms in total. The predicted molar refractivity (Wildman–Crippen MR) is 52.0 cm³/mol. The Hall–Kier alpha value is -1.52. The van der Waals surface area contributed by atoms with Crippen molar-refractivity contribution in [1.29, 1.82) is 0 Å². The van der Waals surface area contributed by atoms with Gasteiger partial charge < -0.3 is 5.11 Å². The Morgan fingerprint density at radius 3 is 2.56 bits per heavy atom. The predicted octanol–water partition coefficient (Wildman–Crippen LogP) is 2.79. The second kappa shape index (κ2) is 4.55. The largest absolute Gasteiger partial charge is 0.481 e. The van der Waals surface area contributed by atoms with Crippen molar-refractivity contribution in [2.75, 3.05) is 0 Å². The quantitative estimate of drug-likeness (QED) is 0.866. The third-order valence-electron chi connectivity index (χ3n) is 2.09. The van der Waals surface area contributed by atoms with Crippen molar-refractivity contribution in [2.24, 2.45) is 0 Å². The van der Waals surface area contributed by atoms with Crippen LogP contribution in [0.3, 0.4) is 0 Å². The minimum absolute atomic E-state index is 0.227. The molecule has 1 aromatic carbocycles. The minimum Gasteiger partial charge on any atom is -0.481 e. The summed E-state index contributed by atoms with van der Waals surface area (Å²) in [6, 6.07) is 3.63. The van der Waals surface area contributed by atoms with E-state index in [0.717, 1.165) is 6.07 Å². The van der Waals surface area contributed by atoms with Gasteiger partial charge in [0, 0.05) is 6.42 Å². The topological polar surface area (TPSA) is 37.3 Å². The van der Waals surface area contributed by atoms with Crippen LogP contribution in [0.25, 0.3) is 0 Å². The molecule has 1 rings (SSSR count). The summed E-state index contributed by atoms with van der Waals surface area (Å²) in [5, 5.41) is 8.29. The molecule has 5 heteroatoms. The summed E-state index contributed by atoms with van der Waals surface area (Å²) >= 11 is 0. The number of hydrogen-bond donors (Lipinski definition) is 1. The summed E-state index contributed by atoms with van der Waals surface area (Å²) < 4.78 is 39.1. The van der Waals surface area contributed by atoms with Crippen LogP contribution in [0.5, 0.6) is 0 Å². The van der Waals surface area contributed by atoms with E-state index in [1.165, 1.54) is 19.1 Å². The average Bonchev–Trinajstić information content (AvgIpc) is 2.08. The fraction of sp³-hybridized carbons (Fsp3) is 0.364. The van der Waals surface area contributed by atoms with E-state index in [0.29, 0.717) is 0 Å². The standard InChI is InChI=1S/C11H11F3O2/c1-7-4-8(2-3-9(7)12)5-11(13,14)6-10(15)16/h2-4H,5-6H2,1H3,(H,15,16). The SMILES string of the molecule is Cc1cc(CC(F)(F)CC(=O)O)ccc1F. The molecule has 0 fully saturated rings. The van der Waals surface area contributed by atoms with Gasteiger partial charge in [0.05, 0.1) is 0 Å². The summed E-state index contributed by atoms with van der Waals surface area (Å²) in [6.45, 7) is 1.47. The first kappa shape index (κ1) is 12.5. The Morgan fingerprint density at radius 2 is 2.06 bits per heavy atom. The second-order valence-electron chi connectivity index (χ2n) is 3.69. The van der Waals surface area contributed by atoms with Crippen molar-refractivity contribution < 1.29 is 23.1 Å². The normalized spacial score (nSPS) is 11.5. The van der Waals surface area contributed by atoms with Gasteiger partial charge in [-0.05, 0) is 24.1 Å². The van der Waals surface area contributed by atoms with Crippen LogP contribution in [0.4, 0.5) is 13.2 Å². The Morgan fingerprint density at radius 1 is 1.44 bits per heavy atom. The van der Waals surface area contributed by atoms with Crippen LogP contribution >= 0.6 is 0 Å². The Kier molecular flexibility index (Phi) is 3.57. The first-order valence-corrected chi connectivity index (χ1v) is 4.65. The highest BCUT2D eigenvalue weighted by molar-refractivity contribution is 5.67. The van der Waals surface area contributed by atoms with Crippen LogP contribution in [0.15, 0.2) is 18.2 Å². The van der Waals surface area contributed by atoms with E-state index >= 15 is 0 Å². The van der Waals surface area contributed by atoms with Crippen LogP contribution in [-0.4, -0.2) is 17.0 Å². The molecular weight excluding hydrogens is 221 g/mol. The van der Waals surface area contributed by atoms with Crippen LogP contribution < -0.4 is 0 Å². The lowest BCUT2D eigenvalue weighted by molar-refractivity contribution is -0.144. The smallest absolute Gasteiger partial charge is 0.309 e. The molecule has 0 aliphatic heterocycles. The molecule has 0 aromatic heterocycles. The number of rotatable bonds is 4. The maximum Gasteiger partial charge on any atom is 0.309 e. The van der Waals surface area contributed by atoms with Gasteiger partial charge in [-0.2, -0.15) is 0 Å². The van der Waals surface area contributed by atoms with Gasteiger partial charge in [0.1, 0.15) is 12.2 Å². The zero-order valence-corrected chi connectivity index (χ0v) is 8.64. The first-order valence-electron chi connectivity index (χ1n) is 4.65. The molecular formula is C11H11F3O2. The fourth-order valence-electron chi connectivity index (χ4n) is 1.40. The van der Waals surface area contributed by atoms with Crippen molar-refractivity contribution in [2.45, 2.75) is 25.7 Å². The van der Waals surface area contributed by atoms with E-state index in [1.807, 2.05) is 0 Å². The highest BCUT2D eigenvalue weighted by atomic mass is 19.3. The van der Waals surface area contributed by atoms with Crippen molar-refractivity contribution in [3.8, 4) is 0 Å². The van der Waals surface area contributed by atoms with Crippen molar-refractivity contribution >= 4 is 5.97 Å². The molecule has 0 heterocycles. The van der Waals surface area contributed by atoms with Gasteiger partial charge in [-0.15, -0.1) is 0 Å². The van der Waals surface area contributed by atoms with Crippen LogP contribution in [0.2, 0.25) is 0 Å². The van der Waals surface area contributed by atoms with Crippen molar-refractivity contribution in [1.82, 2.24) is 0 Å². The third-order valence-corrected chi connectivity index (χ3v) is 2.09. The van der Waals surface area contributed by atoms with Gasteiger partial charge >= 0.3 is 5.97 Å². The van der Waals surface area contributed by atoms with E-state index in [9.17, 15) is 18.0 Å². The summed E-state index contributed by atoms with van der Waals surface area (Å²) in [5.74, 6) is -5.33. The average molecular weight is 232 g/mol. The zero-order chi connectivity index (χ0) is 12.3. The highest BCUT2D eigenvalue weighted by Crippen LogP contribution is 2.24.